The maximum atomic E-state index is 12.1. The standard InChI is InChI=1S/C21H22Cl2N2O4/c1-5-27-21(26)29-19-12(4)25-15-9-10-24-20(28-11(2)3)17(15)16(19)13-7-6-8-14(22)18(13)23/h6-11,16,25H,5H2,1-4H3. The average Bonchev–Trinajstić information content (AvgIpc) is 2.65. The predicted molar refractivity (Wildman–Crippen MR) is 113 cm³/mol. The van der Waals surface area contributed by atoms with Gasteiger partial charge >= 0.3 is 6.16 Å². The summed E-state index contributed by atoms with van der Waals surface area (Å²) in [6.45, 7) is 7.54. The number of ether oxygens (including phenoxy) is 3. The van der Waals surface area contributed by atoms with E-state index in [1.807, 2.05) is 32.9 Å². The largest absolute Gasteiger partial charge is 0.513 e. The summed E-state index contributed by atoms with van der Waals surface area (Å²) in [5.74, 6) is 0.203. The van der Waals surface area contributed by atoms with Gasteiger partial charge in [-0.3, -0.25) is 0 Å². The van der Waals surface area contributed by atoms with Crippen LogP contribution in [0.25, 0.3) is 0 Å². The van der Waals surface area contributed by atoms with Crippen molar-refractivity contribution in [3.05, 3.63) is 63.1 Å². The third-order valence-electron chi connectivity index (χ3n) is 4.29. The van der Waals surface area contributed by atoms with Crippen molar-refractivity contribution in [1.29, 1.82) is 0 Å². The monoisotopic (exact) mass is 436 g/mol. The maximum Gasteiger partial charge on any atom is 0.513 e. The SMILES string of the molecule is CCOC(=O)OC1=C(C)Nc2ccnc(OC(C)C)c2C1c1cccc(Cl)c1Cl. The van der Waals surface area contributed by atoms with Gasteiger partial charge in [-0.1, -0.05) is 35.3 Å². The molecule has 0 fully saturated rings. The van der Waals surface area contributed by atoms with Gasteiger partial charge in [0.25, 0.3) is 0 Å². The molecule has 0 amide bonds. The van der Waals surface area contributed by atoms with E-state index in [9.17, 15) is 4.79 Å². The average molecular weight is 437 g/mol. The Hall–Kier alpha value is -2.44. The van der Waals surface area contributed by atoms with Gasteiger partial charge < -0.3 is 19.5 Å². The van der Waals surface area contributed by atoms with Crippen molar-refractivity contribution in [2.75, 3.05) is 11.9 Å². The Labute approximate surface area is 179 Å². The fourth-order valence-electron chi connectivity index (χ4n) is 3.18. The molecule has 29 heavy (non-hydrogen) atoms. The van der Waals surface area contributed by atoms with Crippen LogP contribution in [0.5, 0.6) is 5.88 Å². The van der Waals surface area contributed by atoms with E-state index in [-0.39, 0.29) is 12.7 Å². The molecule has 0 spiro atoms. The van der Waals surface area contributed by atoms with Crippen LogP contribution in [0.3, 0.4) is 0 Å². The van der Waals surface area contributed by atoms with E-state index >= 15 is 0 Å². The third kappa shape index (κ3) is 4.43. The van der Waals surface area contributed by atoms with Crippen molar-refractivity contribution in [3.63, 3.8) is 0 Å². The van der Waals surface area contributed by atoms with Crippen molar-refractivity contribution in [2.45, 2.75) is 39.7 Å². The number of aromatic nitrogens is 1. The zero-order valence-corrected chi connectivity index (χ0v) is 18.1. The summed E-state index contributed by atoms with van der Waals surface area (Å²) >= 11 is 12.8. The van der Waals surface area contributed by atoms with Gasteiger partial charge in [0.1, 0.15) is 5.76 Å². The molecule has 0 aliphatic carbocycles. The highest BCUT2D eigenvalue weighted by atomic mass is 35.5. The summed E-state index contributed by atoms with van der Waals surface area (Å²) in [5.41, 5.74) is 2.80. The van der Waals surface area contributed by atoms with Crippen LogP contribution >= 0.6 is 23.2 Å². The number of carbonyl (C=O) groups is 1. The molecule has 0 saturated carbocycles. The number of nitrogens with zero attached hydrogens (tertiary/aromatic N) is 1. The molecule has 1 aromatic heterocycles. The number of carbonyl (C=O) groups excluding carboxylic acids is 1. The van der Waals surface area contributed by atoms with E-state index in [1.54, 1.807) is 25.3 Å². The lowest BCUT2D eigenvalue weighted by Crippen LogP contribution is -2.24. The highest BCUT2D eigenvalue weighted by Gasteiger charge is 2.36. The van der Waals surface area contributed by atoms with Crippen LogP contribution in [-0.2, 0) is 9.47 Å². The van der Waals surface area contributed by atoms with Gasteiger partial charge in [0.05, 0.1) is 39.9 Å². The molecule has 8 heteroatoms. The Balaban J connectivity index is 2.22. The van der Waals surface area contributed by atoms with Crippen molar-refractivity contribution >= 4 is 35.0 Å². The Morgan fingerprint density at radius 2 is 2.03 bits per heavy atom. The first-order chi connectivity index (χ1) is 13.8. The van der Waals surface area contributed by atoms with E-state index in [1.165, 1.54) is 0 Å². The van der Waals surface area contributed by atoms with Gasteiger partial charge in [-0.2, -0.15) is 0 Å². The zero-order valence-electron chi connectivity index (χ0n) is 16.6. The summed E-state index contributed by atoms with van der Waals surface area (Å²) in [6.07, 6.45) is 0.751. The highest BCUT2D eigenvalue weighted by molar-refractivity contribution is 6.42. The molecule has 6 nitrogen and oxygen atoms in total. The second-order valence-electron chi connectivity index (χ2n) is 6.72. The number of rotatable bonds is 5. The van der Waals surface area contributed by atoms with Crippen LogP contribution in [0, 0.1) is 0 Å². The van der Waals surface area contributed by atoms with E-state index < -0.39 is 12.1 Å². The maximum absolute atomic E-state index is 12.1. The summed E-state index contributed by atoms with van der Waals surface area (Å²) in [5, 5.41) is 4.02. The third-order valence-corrected chi connectivity index (χ3v) is 5.13. The van der Waals surface area contributed by atoms with Gasteiger partial charge in [-0.05, 0) is 45.4 Å². The minimum Gasteiger partial charge on any atom is -0.475 e. The van der Waals surface area contributed by atoms with Gasteiger partial charge in [-0.25, -0.2) is 9.78 Å². The topological polar surface area (TPSA) is 69.7 Å². The molecule has 3 rings (SSSR count). The Morgan fingerprint density at radius 3 is 2.72 bits per heavy atom. The van der Waals surface area contributed by atoms with Crippen molar-refractivity contribution in [1.82, 2.24) is 4.98 Å². The van der Waals surface area contributed by atoms with Gasteiger partial charge in [0, 0.05) is 11.9 Å². The van der Waals surface area contributed by atoms with Crippen molar-refractivity contribution in [2.24, 2.45) is 0 Å². The smallest absolute Gasteiger partial charge is 0.475 e. The molecule has 1 atom stereocenters. The lowest BCUT2D eigenvalue weighted by Gasteiger charge is -2.31. The van der Waals surface area contributed by atoms with Gasteiger partial charge in [0.2, 0.25) is 5.88 Å². The fraction of sp³-hybridized carbons (Fsp3) is 0.333. The van der Waals surface area contributed by atoms with Crippen LogP contribution in [0.4, 0.5) is 10.5 Å². The van der Waals surface area contributed by atoms with Crippen LogP contribution in [0.15, 0.2) is 41.9 Å². The van der Waals surface area contributed by atoms with Crippen LogP contribution in [0.1, 0.15) is 44.7 Å². The molecule has 154 valence electrons. The molecule has 1 N–H and O–H groups in total. The molecule has 1 aromatic carbocycles. The number of hydrogen-bond acceptors (Lipinski definition) is 6. The molecule has 1 aliphatic heterocycles. The second kappa shape index (κ2) is 8.93. The summed E-state index contributed by atoms with van der Waals surface area (Å²) < 4.78 is 16.5. The molecule has 0 saturated heterocycles. The number of hydrogen-bond donors (Lipinski definition) is 1. The molecule has 0 bridgehead atoms. The first kappa shape index (κ1) is 21.3. The number of benzene rings is 1. The molecular weight excluding hydrogens is 415 g/mol. The number of pyridine rings is 1. The normalized spacial score (nSPS) is 15.6. The second-order valence-corrected chi connectivity index (χ2v) is 7.50. The van der Waals surface area contributed by atoms with E-state index in [0.717, 1.165) is 5.69 Å². The summed E-state index contributed by atoms with van der Waals surface area (Å²) in [4.78, 5) is 16.6. The Morgan fingerprint density at radius 1 is 1.28 bits per heavy atom. The van der Waals surface area contributed by atoms with Crippen molar-refractivity contribution < 1.29 is 19.0 Å². The molecule has 0 radical (unpaired) electrons. The van der Waals surface area contributed by atoms with Gasteiger partial charge in [-0.15, -0.1) is 0 Å². The lowest BCUT2D eigenvalue weighted by molar-refractivity contribution is 0.0775. The number of fused-ring (bicyclic) bond motifs is 1. The van der Waals surface area contributed by atoms with Gasteiger partial charge in [0.15, 0.2) is 0 Å². The molecule has 1 aliphatic rings. The van der Waals surface area contributed by atoms with E-state index in [4.69, 9.17) is 37.4 Å². The number of nitrogens with one attached hydrogen (secondary N) is 1. The minimum atomic E-state index is -0.800. The first-order valence-corrected chi connectivity index (χ1v) is 10.0. The van der Waals surface area contributed by atoms with E-state index in [2.05, 4.69) is 10.3 Å². The number of halogens is 2. The molecule has 1 unspecified atom stereocenters. The van der Waals surface area contributed by atoms with E-state index in [0.29, 0.717) is 38.5 Å². The fourth-order valence-corrected chi connectivity index (χ4v) is 3.60. The molecule has 2 aromatic rings. The number of anilines is 1. The molecular formula is C21H22Cl2N2O4. The quantitative estimate of drug-likeness (QED) is 0.567. The Bertz CT molecular complexity index is 960. The van der Waals surface area contributed by atoms with Crippen LogP contribution in [0.2, 0.25) is 10.0 Å². The Kier molecular flexibility index (Phi) is 6.55. The summed E-state index contributed by atoms with van der Waals surface area (Å²) in [7, 11) is 0. The summed E-state index contributed by atoms with van der Waals surface area (Å²) in [6, 6.07) is 7.16. The lowest BCUT2D eigenvalue weighted by atomic mass is 9.85. The van der Waals surface area contributed by atoms with Crippen molar-refractivity contribution in [3.8, 4) is 5.88 Å². The number of allylic oxidation sites excluding steroid dienone is 2. The zero-order chi connectivity index (χ0) is 21.1. The van der Waals surface area contributed by atoms with Crippen LogP contribution < -0.4 is 10.1 Å². The first-order valence-electron chi connectivity index (χ1n) is 9.25. The molecule has 2 heterocycles. The van der Waals surface area contributed by atoms with Crippen LogP contribution in [-0.4, -0.2) is 23.9 Å². The highest BCUT2D eigenvalue weighted by Crippen LogP contribution is 2.48. The minimum absolute atomic E-state index is 0.106. The predicted octanol–water partition coefficient (Wildman–Crippen LogP) is 6.14.